The molecule has 1 aromatic rings. The molecule has 2 rings (SSSR count). The molecule has 1 aliphatic rings. The number of carbonyl (C=O) groups excluding carboxylic acids is 1. The van der Waals surface area contributed by atoms with Crippen molar-refractivity contribution in [3.05, 3.63) is 21.4 Å². The summed E-state index contributed by atoms with van der Waals surface area (Å²) >= 11 is 3.53. The number of rotatable bonds is 5. The zero-order valence-corrected chi connectivity index (χ0v) is 13.0. The lowest BCUT2D eigenvalue weighted by Crippen LogP contribution is -2.42. The van der Waals surface area contributed by atoms with Crippen LogP contribution in [0.15, 0.2) is 6.07 Å². The molecule has 106 valence electrons. The van der Waals surface area contributed by atoms with Gasteiger partial charge in [-0.25, -0.2) is 0 Å². The van der Waals surface area contributed by atoms with Gasteiger partial charge in [0, 0.05) is 24.8 Å². The lowest BCUT2D eigenvalue weighted by Gasteiger charge is -2.21. The number of carbonyl (C=O) groups is 1. The number of nitrogens with one attached hydrogen (secondary N) is 1. The van der Waals surface area contributed by atoms with Gasteiger partial charge < -0.3 is 14.8 Å². The second kappa shape index (κ2) is 6.74. The highest BCUT2D eigenvalue weighted by Gasteiger charge is 2.22. The van der Waals surface area contributed by atoms with E-state index in [4.69, 9.17) is 9.47 Å². The highest BCUT2D eigenvalue weighted by atomic mass is 32.2. The van der Waals surface area contributed by atoms with Crippen LogP contribution in [0, 0.1) is 0 Å². The number of aryl methyl sites for hydroxylation is 1. The first kappa shape index (κ1) is 14.8. The molecule has 1 aliphatic heterocycles. The largest absolute Gasteiger partial charge is 0.354 e. The number of hydrogen-bond donors (Lipinski definition) is 1. The number of methoxy groups -OCH3 is 2. The normalized spacial score (nSPS) is 16.2. The lowest BCUT2D eigenvalue weighted by molar-refractivity contribution is -0.117. The summed E-state index contributed by atoms with van der Waals surface area (Å²) in [6.07, 6.45) is 0.654. The van der Waals surface area contributed by atoms with E-state index in [2.05, 4.69) is 5.32 Å². The highest BCUT2D eigenvalue weighted by Crippen LogP contribution is 2.31. The number of hydrogen-bond acceptors (Lipinski definition) is 5. The van der Waals surface area contributed by atoms with Crippen LogP contribution >= 0.6 is 23.1 Å². The van der Waals surface area contributed by atoms with Crippen molar-refractivity contribution in [2.75, 3.05) is 20.0 Å². The van der Waals surface area contributed by atoms with Gasteiger partial charge in [0.2, 0.25) is 0 Å². The fraction of sp³-hybridized carbons (Fsp3) is 0.615. The van der Waals surface area contributed by atoms with Crippen LogP contribution in [0.25, 0.3) is 0 Å². The summed E-state index contributed by atoms with van der Waals surface area (Å²) in [5.74, 6) is 2.13. The molecule has 0 spiro atoms. The van der Waals surface area contributed by atoms with Crippen molar-refractivity contribution in [1.29, 1.82) is 0 Å². The monoisotopic (exact) mass is 301 g/mol. The van der Waals surface area contributed by atoms with E-state index in [0.717, 1.165) is 22.8 Å². The highest BCUT2D eigenvalue weighted by molar-refractivity contribution is 7.98. The lowest BCUT2D eigenvalue weighted by atomic mass is 10.2. The Bertz CT molecular complexity index is 420. The maximum absolute atomic E-state index is 12.2. The van der Waals surface area contributed by atoms with Crippen molar-refractivity contribution in [2.24, 2.45) is 0 Å². The van der Waals surface area contributed by atoms with Gasteiger partial charge in [-0.05, 0) is 30.7 Å². The average molecular weight is 301 g/mol. The molecule has 0 radical (unpaired) electrons. The van der Waals surface area contributed by atoms with Gasteiger partial charge in [0.15, 0.2) is 6.29 Å². The third-order valence-corrected chi connectivity index (χ3v) is 5.33. The Kier molecular flexibility index (Phi) is 5.27. The van der Waals surface area contributed by atoms with Crippen LogP contribution in [0.5, 0.6) is 0 Å². The molecular formula is C13H19NO3S2. The molecule has 19 heavy (non-hydrogen) atoms. The summed E-state index contributed by atoms with van der Waals surface area (Å²) in [6.45, 7) is 1.87. The van der Waals surface area contributed by atoms with Gasteiger partial charge in [-0.1, -0.05) is 0 Å². The molecule has 6 heteroatoms. The van der Waals surface area contributed by atoms with Crippen molar-refractivity contribution in [2.45, 2.75) is 31.4 Å². The minimum absolute atomic E-state index is 0.0454. The average Bonchev–Trinajstić information content (AvgIpc) is 2.84. The standard InChI is InChI=1S/C13H19NO3S2/c1-8(13(16-2)17-3)14-12(15)11-6-9-7-18-5-4-10(9)19-11/h6,8,13H,4-5,7H2,1-3H3,(H,14,15). The molecule has 4 nitrogen and oxygen atoms in total. The van der Waals surface area contributed by atoms with E-state index in [1.54, 1.807) is 25.6 Å². The van der Waals surface area contributed by atoms with E-state index >= 15 is 0 Å². The molecule has 0 fully saturated rings. The van der Waals surface area contributed by atoms with Crippen LogP contribution in [0.1, 0.15) is 27.0 Å². The number of thiophene rings is 1. The minimum atomic E-state index is -0.422. The van der Waals surface area contributed by atoms with E-state index < -0.39 is 6.29 Å². The predicted molar refractivity (Wildman–Crippen MR) is 78.9 cm³/mol. The SMILES string of the molecule is COC(OC)C(C)NC(=O)c1cc2c(s1)CCSC2. The fourth-order valence-corrected chi connectivity index (χ4v) is 4.38. The maximum atomic E-state index is 12.2. The summed E-state index contributed by atoms with van der Waals surface area (Å²) in [5.41, 5.74) is 1.31. The summed E-state index contributed by atoms with van der Waals surface area (Å²) in [7, 11) is 3.13. The molecule has 0 saturated carbocycles. The molecule has 0 aromatic carbocycles. The van der Waals surface area contributed by atoms with E-state index in [-0.39, 0.29) is 11.9 Å². The molecule has 1 amide bonds. The first-order valence-electron chi connectivity index (χ1n) is 6.21. The van der Waals surface area contributed by atoms with Crippen LogP contribution in [-0.2, 0) is 21.6 Å². The predicted octanol–water partition coefficient (Wildman–Crippen LogP) is 2.27. The Labute approximate surface area is 121 Å². The molecule has 0 bridgehead atoms. The Morgan fingerprint density at radius 3 is 2.79 bits per heavy atom. The molecule has 1 unspecified atom stereocenters. The summed E-state index contributed by atoms with van der Waals surface area (Å²) < 4.78 is 10.3. The molecular weight excluding hydrogens is 282 g/mol. The first-order valence-corrected chi connectivity index (χ1v) is 8.18. The number of fused-ring (bicyclic) bond motifs is 1. The maximum Gasteiger partial charge on any atom is 0.261 e. The van der Waals surface area contributed by atoms with Gasteiger partial charge in [0.05, 0.1) is 10.9 Å². The number of thioether (sulfide) groups is 1. The zero-order valence-electron chi connectivity index (χ0n) is 11.4. The molecule has 1 atom stereocenters. The molecule has 0 saturated heterocycles. The van der Waals surface area contributed by atoms with Crippen molar-refractivity contribution in [3.8, 4) is 0 Å². The van der Waals surface area contributed by atoms with Crippen LogP contribution in [0.4, 0.5) is 0 Å². The fourth-order valence-electron chi connectivity index (χ4n) is 2.11. The van der Waals surface area contributed by atoms with E-state index in [0.29, 0.717) is 0 Å². The van der Waals surface area contributed by atoms with Gasteiger partial charge in [-0.15, -0.1) is 11.3 Å². The van der Waals surface area contributed by atoms with Crippen LogP contribution < -0.4 is 5.32 Å². The summed E-state index contributed by atoms with van der Waals surface area (Å²) in [6, 6.07) is 1.83. The summed E-state index contributed by atoms with van der Waals surface area (Å²) in [4.78, 5) is 14.3. The third kappa shape index (κ3) is 3.51. The van der Waals surface area contributed by atoms with Gasteiger partial charge in [-0.2, -0.15) is 11.8 Å². The minimum Gasteiger partial charge on any atom is -0.354 e. The van der Waals surface area contributed by atoms with E-state index in [9.17, 15) is 4.79 Å². The topological polar surface area (TPSA) is 47.6 Å². The Balaban J connectivity index is 2.01. The van der Waals surface area contributed by atoms with Gasteiger partial charge >= 0.3 is 0 Å². The second-order valence-corrected chi connectivity index (χ2v) is 6.71. The third-order valence-electron chi connectivity index (χ3n) is 3.08. The molecule has 1 aromatic heterocycles. The molecule has 2 heterocycles. The molecule has 1 N–H and O–H groups in total. The Hall–Kier alpha value is -0.560. The van der Waals surface area contributed by atoms with Crippen LogP contribution in [0.2, 0.25) is 0 Å². The summed E-state index contributed by atoms with van der Waals surface area (Å²) in [5, 5.41) is 2.92. The van der Waals surface area contributed by atoms with Crippen molar-refractivity contribution in [3.63, 3.8) is 0 Å². The van der Waals surface area contributed by atoms with Crippen molar-refractivity contribution in [1.82, 2.24) is 5.32 Å². The van der Waals surface area contributed by atoms with Crippen molar-refractivity contribution >= 4 is 29.0 Å². The Morgan fingerprint density at radius 2 is 2.16 bits per heavy atom. The van der Waals surface area contributed by atoms with Gasteiger partial charge in [-0.3, -0.25) is 4.79 Å². The zero-order chi connectivity index (χ0) is 13.8. The number of amides is 1. The second-order valence-electron chi connectivity index (χ2n) is 4.46. The van der Waals surface area contributed by atoms with E-state index in [1.165, 1.54) is 10.4 Å². The van der Waals surface area contributed by atoms with Crippen LogP contribution in [-0.4, -0.2) is 38.2 Å². The number of ether oxygens (including phenoxy) is 2. The smallest absolute Gasteiger partial charge is 0.261 e. The van der Waals surface area contributed by atoms with E-state index in [1.807, 2.05) is 24.8 Å². The van der Waals surface area contributed by atoms with Crippen LogP contribution in [0.3, 0.4) is 0 Å². The quantitative estimate of drug-likeness (QED) is 0.848. The molecule has 0 aliphatic carbocycles. The van der Waals surface area contributed by atoms with Gasteiger partial charge in [0.25, 0.3) is 5.91 Å². The Morgan fingerprint density at radius 1 is 1.42 bits per heavy atom. The van der Waals surface area contributed by atoms with Crippen molar-refractivity contribution < 1.29 is 14.3 Å². The first-order chi connectivity index (χ1) is 9.15. The van der Waals surface area contributed by atoms with Gasteiger partial charge in [0.1, 0.15) is 0 Å².